The summed E-state index contributed by atoms with van der Waals surface area (Å²) in [6, 6.07) is 0. The van der Waals surface area contributed by atoms with Gasteiger partial charge in [-0.05, 0) is 11.8 Å². The minimum atomic E-state index is -2.75. The van der Waals surface area contributed by atoms with Gasteiger partial charge in [-0.2, -0.15) is 0 Å². The minimum absolute atomic E-state index is 0.127. The molecule has 0 saturated carbocycles. The maximum absolute atomic E-state index is 11.0. The molecule has 0 unspecified atom stereocenters. The molecule has 0 spiro atoms. The molecular weight excluding hydrogens is 160 g/mol. The zero-order valence-corrected chi connectivity index (χ0v) is 8.66. The first-order chi connectivity index (χ1) is 4.77. The van der Waals surface area contributed by atoms with Gasteiger partial charge >= 0.3 is 0 Å². The Morgan fingerprint density at radius 2 is 1.64 bits per heavy atom. The number of hydrogen-bond acceptors (Lipinski definition) is 2. The summed E-state index contributed by atoms with van der Waals surface area (Å²) >= 11 is 0. The summed E-state index contributed by atoms with van der Waals surface area (Å²) in [5.74, 6) is 0.593. The van der Waals surface area contributed by atoms with Crippen molar-refractivity contribution < 1.29 is 8.42 Å². The standard InChI is InChI=1S/C8H18O2S/c1-5-11(9,10)7-6-8(2,3)4/h5-7H2,1-4H3. The number of sulfone groups is 1. The Morgan fingerprint density at radius 1 is 1.18 bits per heavy atom. The average molecular weight is 178 g/mol. The summed E-state index contributed by atoms with van der Waals surface area (Å²) in [6.45, 7) is 7.85. The lowest BCUT2D eigenvalue weighted by molar-refractivity contribution is 0.397. The molecule has 0 rings (SSSR count). The quantitative estimate of drug-likeness (QED) is 0.661. The van der Waals surface area contributed by atoms with Crippen LogP contribution in [0, 0.1) is 5.41 Å². The zero-order valence-electron chi connectivity index (χ0n) is 7.85. The lowest BCUT2D eigenvalue weighted by Crippen LogP contribution is -2.15. The van der Waals surface area contributed by atoms with Crippen LogP contribution in [-0.4, -0.2) is 19.9 Å². The van der Waals surface area contributed by atoms with Crippen LogP contribution in [0.4, 0.5) is 0 Å². The lowest BCUT2D eigenvalue weighted by Gasteiger charge is -2.17. The summed E-state index contributed by atoms with van der Waals surface area (Å²) in [7, 11) is -2.75. The molecule has 2 nitrogen and oxygen atoms in total. The minimum Gasteiger partial charge on any atom is -0.229 e. The molecule has 0 aliphatic carbocycles. The van der Waals surface area contributed by atoms with Crippen LogP contribution in [0.3, 0.4) is 0 Å². The molecule has 0 bridgehead atoms. The summed E-state index contributed by atoms with van der Waals surface area (Å²) < 4.78 is 22.1. The van der Waals surface area contributed by atoms with E-state index >= 15 is 0 Å². The van der Waals surface area contributed by atoms with E-state index in [-0.39, 0.29) is 11.2 Å². The first kappa shape index (κ1) is 11.0. The third-order valence-electron chi connectivity index (χ3n) is 1.60. The SMILES string of the molecule is CCS(=O)(=O)CCC(C)(C)C. The van der Waals surface area contributed by atoms with E-state index in [4.69, 9.17) is 0 Å². The Hall–Kier alpha value is -0.0500. The van der Waals surface area contributed by atoms with E-state index in [1.54, 1.807) is 6.92 Å². The van der Waals surface area contributed by atoms with E-state index in [0.717, 1.165) is 6.42 Å². The van der Waals surface area contributed by atoms with E-state index in [2.05, 4.69) is 20.8 Å². The van der Waals surface area contributed by atoms with Gasteiger partial charge in [0.25, 0.3) is 0 Å². The molecule has 0 aliphatic rings. The van der Waals surface area contributed by atoms with Crippen LogP contribution in [0.15, 0.2) is 0 Å². The monoisotopic (exact) mass is 178 g/mol. The third kappa shape index (κ3) is 6.35. The van der Waals surface area contributed by atoms with Crippen LogP contribution in [-0.2, 0) is 9.84 Å². The second-order valence-electron chi connectivity index (χ2n) is 4.05. The van der Waals surface area contributed by atoms with Crippen molar-refractivity contribution in [1.29, 1.82) is 0 Å². The van der Waals surface area contributed by atoms with Crippen molar-refractivity contribution in [3.63, 3.8) is 0 Å². The average Bonchev–Trinajstić information content (AvgIpc) is 1.83. The molecule has 0 aromatic rings. The highest BCUT2D eigenvalue weighted by Gasteiger charge is 2.15. The van der Waals surface area contributed by atoms with Gasteiger partial charge in [-0.15, -0.1) is 0 Å². The van der Waals surface area contributed by atoms with Crippen molar-refractivity contribution in [2.45, 2.75) is 34.1 Å². The van der Waals surface area contributed by atoms with Crippen LogP contribution >= 0.6 is 0 Å². The Bertz CT molecular complexity index is 197. The first-order valence-electron chi connectivity index (χ1n) is 3.97. The van der Waals surface area contributed by atoms with Crippen molar-refractivity contribution in [2.24, 2.45) is 5.41 Å². The van der Waals surface area contributed by atoms with Crippen molar-refractivity contribution in [3.05, 3.63) is 0 Å². The first-order valence-corrected chi connectivity index (χ1v) is 5.79. The molecule has 68 valence electrons. The molecule has 0 amide bonds. The molecule has 0 aromatic heterocycles. The smallest absolute Gasteiger partial charge is 0.150 e. The molecule has 3 heteroatoms. The van der Waals surface area contributed by atoms with E-state index in [9.17, 15) is 8.42 Å². The van der Waals surface area contributed by atoms with Gasteiger partial charge < -0.3 is 0 Å². The van der Waals surface area contributed by atoms with Gasteiger partial charge in [0.15, 0.2) is 0 Å². The van der Waals surface area contributed by atoms with E-state index in [1.807, 2.05) is 0 Å². The fourth-order valence-corrected chi connectivity index (χ4v) is 1.82. The van der Waals surface area contributed by atoms with Gasteiger partial charge in [0.1, 0.15) is 9.84 Å². The second-order valence-corrected chi connectivity index (χ2v) is 6.52. The Balaban J connectivity index is 3.91. The van der Waals surface area contributed by atoms with Gasteiger partial charge in [-0.3, -0.25) is 0 Å². The largest absolute Gasteiger partial charge is 0.229 e. The van der Waals surface area contributed by atoms with Gasteiger partial charge in [0.2, 0.25) is 0 Å². The van der Waals surface area contributed by atoms with Crippen molar-refractivity contribution in [2.75, 3.05) is 11.5 Å². The molecule has 0 N–H and O–H groups in total. The van der Waals surface area contributed by atoms with Crippen molar-refractivity contribution >= 4 is 9.84 Å². The zero-order chi connectivity index (χ0) is 9.12. The Kier molecular flexibility index (Phi) is 3.55. The predicted octanol–water partition coefficient (Wildman–Crippen LogP) is 1.86. The highest BCUT2D eigenvalue weighted by atomic mass is 32.2. The maximum Gasteiger partial charge on any atom is 0.150 e. The molecule has 0 saturated heterocycles. The summed E-state index contributed by atoms with van der Waals surface area (Å²) in [4.78, 5) is 0. The van der Waals surface area contributed by atoms with E-state index < -0.39 is 9.84 Å². The van der Waals surface area contributed by atoms with E-state index in [1.165, 1.54) is 0 Å². The summed E-state index contributed by atoms with van der Waals surface area (Å²) in [5, 5.41) is 0. The molecule has 0 aliphatic heterocycles. The van der Waals surface area contributed by atoms with E-state index in [0.29, 0.717) is 5.75 Å². The number of hydrogen-bond donors (Lipinski definition) is 0. The number of rotatable bonds is 3. The van der Waals surface area contributed by atoms with Crippen LogP contribution in [0.1, 0.15) is 34.1 Å². The van der Waals surface area contributed by atoms with Crippen LogP contribution in [0.5, 0.6) is 0 Å². The fraction of sp³-hybridized carbons (Fsp3) is 1.00. The summed E-state index contributed by atoms with van der Waals surface area (Å²) in [6.07, 6.45) is 0.753. The lowest BCUT2D eigenvalue weighted by atomic mass is 9.94. The molecule has 0 fully saturated rings. The van der Waals surface area contributed by atoms with Gasteiger partial charge in [0.05, 0.1) is 5.75 Å². The highest BCUT2D eigenvalue weighted by Crippen LogP contribution is 2.19. The predicted molar refractivity (Wildman–Crippen MR) is 48.4 cm³/mol. The Labute approximate surface area is 69.9 Å². The van der Waals surface area contributed by atoms with Crippen molar-refractivity contribution in [3.8, 4) is 0 Å². The van der Waals surface area contributed by atoms with Crippen LogP contribution in [0.2, 0.25) is 0 Å². The fourth-order valence-electron chi connectivity index (χ4n) is 0.606. The normalized spacial score (nSPS) is 13.5. The van der Waals surface area contributed by atoms with Gasteiger partial charge in [-0.1, -0.05) is 27.7 Å². The third-order valence-corrected chi connectivity index (χ3v) is 3.31. The maximum atomic E-state index is 11.0. The Morgan fingerprint density at radius 3 is 1.91 bits per heavy atom. The van der Waals surface area contributed by atoms with Crippen LogP contribution in [0.25, 0.3) is 0 Å². The molecule has 0 aromatic carbocycles. The molecule has 11 heavy (non-hydrogen) atoms. The van der Waals surface area contributed by atoms with Crippen LogP contribution < -0.4 is 0 Å². The topological polar surface area (TPSA) is 34.1 Å². The molecule has 0 radical (unpaired) electrons. The van der Waals surface area contributed by atoms with Crippen molar-refractivity contribution in [1.82, 2.24) is 0 Å². The highest BCUT2D eigenvalue weighted by molar-refractivity contribution is 7.91. The summed E-state index contributed by atoms with van der Waals surface area (Å²) in [5.41, 5.74) is 0.127. The second kappa shape index (κ2) is 3.57. The molecule has 0 atom stereocenters. The molecule has 0 heterocycles. The molecular formula is C8H18O2S. The van der Waals surface area contributed by atoms with Gasteiger partial charge in [-0.25, -0.2) is 8.42 Å². The van der Waals surface area contributed by atoms with Gasteiger partial charge in [0, 0.05) is 5.75 Å².